The van der Waals surface area contributed by atoms with Crippen molar-refractivity contribution in [2.45, 2.75) is 39.5 Å². The first kappa shape index (κ1) is 10.4. The molecule has 0 fully saturated rings. The van der Waals surface area contributed by atoms with Gasteiger partial charge in [0, 0.05) is 12.3 Å². The molecule has 0 spiro atoms. The van der Waals surface area contributed by atoms with E-state index in [4.69, 9.17) is 0 Å². The van der Waals surface area contributed by atoms with Crippen molar-refractivity contribution in [3.63, 3.8) is 0 Å². The minimum atomic E-state index is 0.250. The molecule has 64 valence electrons. The van der Waals surface area contributed by atoms with E-state index in [9.17, 15) is 4.79 Å². The van der Waals surface area contributed by atoms with Gasteiger partial charge in [-0.3, -0.25) is 4.79 Å². The van der Waals surface area contributed by atoms with Gasteiger partial charge in [-0.15, -0.1) is 6.58 Å². The molecule has 0 aromatic rings. The van der Waals surface area contributed by atoms with Crippen molar-refractivity contribution in [1.82, 2.24) is 0 Å². The minimum Gasteiger partial charge on any atom is -0.299 e. The number of carbonyl (C=O) groups is 1. The van der Waals surface area contributed by atoms with E-state index in [0.717, 1.165) is 19.3 Å². The van der Waals surface area contributed by atoms with Gasteiger partial charge < -0.3 is 0 Å². The molecule has 1 unspecified atom stereocenters. The van der Waals surface area contributed by atoms with E-state index in [1.165, 1.54) is 0 Å². The highest BCUT2D eigenvalue weighted by atomic mass is 16.1. The molecule has 0 aromatic carbocycles. The van der Waals surface area contributed by atoms with Crippen LogP contribution in [-0.4, -0.2) is 5.78 Å². The molecule has 1 nitrogen and oxygen atoms in total. The van der Waals surface area contributed by atoms with Crippen molar-refractivity contribution in [3.8, 4) is 0 Å². The first-order valence-corrected chi connectivity index (χ1v) is 4.36. The predicted molar refractivity (Wildman–Crippen MR) is 48.5 cm³/mol. The third-order valence-corrected chi connectivity index (χ3v) is 1.87. The van der Waals surface area contributed by atoms with Gasteiger partial charge in [0.15, 0.2) is 0 Å². The second-order valence-electron chi connectivity index (χ2n) is 2.98. The van der Waals surface area contributed by atoms with Crippen LogP contribution in [0.25, 0.3) is 0 Å². The van der Waals surface area contributed by atoms with Gasteiger partial charge in [-0.2, -0.15) is 0 Å². The summed E-state index contributed by atoms with van der Waals surface area (Å²) >= 11 is 0. The van der Waals surface area contributed by atoms with Gasteiger partial charge in [0.2, 0.25) is 0 Å². The Balaban J connectivity index is 3.54. The zero-order chi connectivity index (χ0) is 8.69. The third kappa shape index (κ3) is 4.77. The molecular formula is C10H18O. The Morgan fingerprint density at radius 2 is 2.27 bits per heavy atom. The summed E-state index contributed by atoms with van der Waals surface area (Å²) in [6, 6.07) is 0. The average Bonchev–Trinajstić information content (AvgIpc) is 2.00. The summed E-state index contributed by atoms with van der Waals surface area (Å²) in [7, 11) is 0. The summed E-state index contributed by atoms with van der Waals surface area (Å²) in [5.74, 6) is 0.631. The van der Waals surface area contributed by atoms with E-state index in [-0.39, 0.29) is 5.92 Å². The number of hydrogen-bond donors (Lipinski definition) is 0. The van der Waals surface area contributed by atoms with Crippen LogP contribution in [0, 0.1) is 5.92 Å². The van der Waals surface area contributed by atoms with Gasteiger partial charge in [0.1, 0.15) is 5.78 Å². The van der Waals surface area contributed by atoms with Gasteiger partial charge >= 0.3 is 0 Å². The van der Waals surface area contributed by atoms with E-state index in [1.54, 1.807) is 6.08 Å². The molecule has 1 heteroatoms. The summed E-state index contributed by atoms with van der Waals surface area (Å²) < 4.78 is 0. The Bertz CT molecular complexity index is 127. The first-order chi connectivity index (χ1) is 5.22. The molecule has 0 aromatic heterocycles. The number of hydrogen-bond acceptors (Lipinski definition) is 1. The summed E-state index contributed by atoms with van der Waals surface area (Å²) in [6.07, 6.45) is 5.42. The average molecular weight is 154 g/mol. The van der Waals surface area contributed by atoms with Crippen molar-refractivity contribution >= 4 is 5.78 Å². The zero-order valence-corrected chi connectivity index (χ0v) is 7.60. The second kappa shape index (κ2) is 6.14. The highest BCUT2D eigenvalue weighted by Crippen LogP contribution is 2.09. The van der Waals surface area contributed by atoms with E-state index in [2.05, 4.69) is 13.5 Å². The molecule has 0 aliphatic heterocycles. The molecule has 0 aliphatic carbocycles. The fourth-order valence-electron chi connectivity index (χ4n) is 1.08. The molecular weight excluding hydrogens is 136 g/mol. The van der Waals surface area contributed by atoms with Crippen molar-refractivity contribution in [3.05, 3.63) is 12.7 Å². The molecule has 11 heavy (non-hydrogen) atoms. The maximum atomic E-state index is 11.2. The van der Waals surface area contributed by atoms with Gasteiger partial charge in [-0.1, -0.05) is 26.3 Å². The Labute approximate surface area is 69.5 Å². The fourth-order valence-corrected chi connectivity index (χ4v) is 1.08. The molecule has 0 N–H and O–H groups in total. The highest BCUT2D eigenvalue weighted by molar-refractivity contribution is 5.80. The Morgan fingerprint density at radius 1 is 1.64 bits per heavy atom. The van der Waals surface area contributed by atoms with Crippen LogP contribution in [0.15, 0.2) is 12.7 Å². The number of rotatable bonds is 6. The molecule has 0 saturated carbocycles. The molecule has 0 amide bonds. The smallest absolute Gasteiger partial charge is 0.136 e. The predicted octanol–water partition coefficient (Wildman–Crippen LogP) is 2.96. The number of Topliss-reactive ketones (excluding diaryl/α,β-unsaturated/α-hetero) is 1. The van der Waals surface area contributed by atoms with Crippen molar-refractivity contribution in [1.29, 1.82) is 0 Å². The Kier molecular flexibility index (Phi) is 5.81. The lowest BCUT2D eigenvalue weighted by Gasteiger charge is -2.06. The van der Waals surface area contributed by atoms with Crippen molar-refractivity contribution < 1.29 is 4.79 Å². The van der Waals surface area contributed by atoms with Crippen LogP contribution in [0.2, 0.25) is 0 Å². The lowest BCUT2D eigenvalue weighted by molar-refractivity contribution is -0.122. The summed E-state index contributed by atoms with van der Waals surface area (Å²) in [6.45, 7) is 7.70. The molecule has 0 bridgehead atoms. The lowest BCUT2D eigenvalue weighted by Crippen LogP contribution is -2.09. The molecule has 0 rings (SSSR count). The third-order valence-electron chi connectivity index (χ3n) is 1.87. The number of allylic oxidation sites excluding steroid dienone is 1. The molecule has 0 radical (unpaired) electrons. The van der Waals surface area contributed by atoms with Crippen LogP contribution in [0.3, 0.4) is 0 Å². The monoisotopic (exact) mass is 154 g/mol. The SMILES string of the molecule is C=CCCC(=O)C(C)CCC. The zero-order valence-electron chi connectivity index (χ0n) is 7.60. The van der Waals surface area contributed by atoms with Crippen LogP contribution in [-0.2, 0) is 4.79 Å². The van der Waals surface area contributed by atoms with Crippen LogP contribution in [0.4, 0.5) is 0 Å². The molecule has 0 aliphatic rings. The van der Waals surface area contributed by atoms with Crippen molar-refractivity contribution in [2.24, 2.45) is 5.92 Å². The normalized spacial score (nSPS) is 12.5. The van der Waals surface area contributed by atoms with E-state index in [1.807, 2.05) is 6.92 Å². The fraction of sp³-hybridized carbons (Fsp3) is 0.700. The van der Waals surface area contributed by atoms with Crippen LogP contribution >= 0.6 is 0 Å². The van der Waals surface area contributed by atoms with Crippen LogP contribution < -0.4 is 0 Å². The first-order valence-electron chi connectivity index (χ1n) is 4.36. The van der Waals surface area contributed by atoms with E-state index < -0.39 is 0 Å². The highest BCUT2D eigenvalue weighted by Gasteiger charge is 2.09. The summed E-state index contributed by atoms with van der Waals surface area (Å²) in [4.78, 5) is 11.2. The maximum absolute atomic E-state index is 11.2. The summed E-state index contributed by atoms with van der Waals surface area (Å²) in [5, 5.41) is 0. The lowest BCUT2D eigenvalue weighted by atomic mass is 9.98. The Hall–Kier alpha value is -0.590. The van der Waals surface area contributed by atoms with Gasteiger partial charge in [0.05, 0.1) is 0 Å². The van der Waals surface area contributed by atoms with Gasteiger partial charge in [0.25, 0.3) is 0 Å². The Morgan fingerprint density at radius 3 is 2.73 bits per heavy atom. The van der Waals surface area contributed by atoms with Crippen LogP contribution in [0.5, 0.6) is 0 Å². The number of carbonyl (C=O) groups excluding carboxylic acids is 1. The molecule has 0 heterocycles. The summed E-state index contributed by atoms with van der Waals surface area (Å²) in [5.41, 5.74) is 0. The number of ketones is 1. The van der Waals surface area contributed by atoms with E-state index >= 15 is 0 Å². The molecule has 1 atom stereocenters. The topological polar surface area (TPSA) is 17.1 Å². The van der Waals surface area contributed by atoms with Gasteiger partial charge in [-0.25, -0.2) is 0 Å². The van der Waals surface area contributed by atoms with Crippen LogP contribution in [0.1, 0.15) is 39.5 Å². The van der Waals surface area contributed by atoms with Crippen molar-refractivity contribution in [2.75, 3.05) is 0 Å². The second-order valence-corrected chi connectivity index (χ2v) is 2.98. The maximum Gasteiger partial charge on any atom is 0.136 e. The molecule has 0 saturated heterocycles. The minimum absolute atomic E-state index is 0.250. The standard InChI is InChI=1S/C10H18O/c1-4-6-8-10(11)9(3)7-5-2/h4,9H,1,5-8H2,2-3H3. The van der Waals surface area contributed by atoms with Gasteiger partial charge in [-0.05, 0) is 12.8 Å². The van der Waals surface area contributed by atoms with E-state index in [0.29, 0.717) is 12.2 Å². The largest absolute Gasteiger partial charge is 0.299 e. The quantitative estimate of drug-likeness (QED) is 0.537.